The number of carbonyl (C=O) groups excluding carboxylic acids is 1. The SMILES string of the molecule is CC1CC(CN)CN1C(=O)CCS(=O)(=O)c1ccc2c(c1)CCC2. The molecular weight excluding hydrogens is 324 g/mol. The van der Waals surface area contributed by atoms with Gasteiger partial charge in [0.2, 0.25) is 5.91 Å². The van der Waals surface area contributed by atoms with E-state index in [1.807, 2.05) is 13.0 Å². The lowest BCUT2D eigenvalue weighted by Gasteiger charge is -2.21. The van der Waals surface area contributed by atoms with Crippen molar-refractivity contribution in [3.63, 3.8) is 0 Å². The van der Waals surface area contributed by atoms with Gasteiger partial charge in [-0.3, -0.25) is 4.79 Å². The number of amides is 1. The van der Waals surface area contributed by atoms with Crippen LogP contribution in [0.2, 0.25) is 0 Å². The van der Waals surface area contributed by atoms with Crippen LogP contribution < -0.4 is 5.73 Å². The monoisotopic (exact) mass is 350 g/mol. The summed E-state index contributed by atoms with van der Waals surface area (Å²) in [4.78, 5) is 14.5. The van der Waals surface area contributed by atoms with Crippen LogP contribution in [0.15, 0.2) is 23.1 Å². The maximum atomic E-state index is 12.6. The third-order valence-corrected chi connectivity index (χ3v) is 7.04. The molecule has 3 rings (SSSR count). The fourth-order valence-corrected chi connectivity index (χ4v) is 5.16. The smallest absolute Gasteiger partial charge is 0.223 e. The molecule has 6 heteroatoms. The Morgan fingerprint density at radius 3 is 2.75 bits per heavy atom. The van der Waals surface area contributed by atoms with E-state index in [9.17, 15) is 13.2 Å². The Balaban J connectivity index is 1.64. The summed E-state index contributed by atoms with van der Waals surface area (Å²) in [5.74, 6) is 0.127. The van der Waals surface area contributed by atoms with Crippen molar-refractivity contribution in [2.45, 2.75) is 50.0 Å². The zero-order valence-electron chi connectivity index (χ0n) is 14.2. The number of hydrogen-bond acceptors (Lipinski definition) is 4. The molecule has 1 amide bonds. The summed E-state index contributed by atoms with van der Waals surface area (Å²) in [7, 11) is -3.42. The highest BCUT2D eigenvalue weighted by Gasteiger charge is 2.32. The Morgan fingerprint density at radius 2 is 2.04 bits per heavy atom. The van der Waals surface area contributed by atoms with Crippen molar-refractivity contribution in [2.75, 3.05) is 18.8 Å². The lowest BCUT2D eigenvalue weighted by molar-refractivity contribution is -0.131. The lowest BCUT2D eigenvalue weighted by Crippen LogP contribution is -2.35. The molecular formula is C18H26N2O3S. The molecule has 2 unspecified atom stereocenters. The van der Waals surface area contributed by atoms with Crippen LogP contribution in [0.3, 0.4) is 0 Å². The van der Waals surface area contributed by atoms with Gasteiger partial charge in [0.15, 0.2) is 9.84 Å². The molecule has 2 atom stereocenters. The molecule has 1 heterocycles. The number of rotatable bonds is 5. The van der Waals surface area contributed by atoms with Crippen LogP contribution in [-0.4, -0.2) is 44.1 Å². The molecule has 1 aromatic carbocycles. The van der Waals surface area contributed by atoms with E-state index in [-0.39, 0.29) is 24.1 Å². The normalized spacial score (nSPS) is 23.5. The quantitative estimate of drug-likeness (QED) is 0.873. The van der Waals surface area contributed by atoms with Crippen molar-refractivity contribution >= 4 is 15.7 Å². The van der Waals surface area contributed by atoms with Crippen molar-refractivity contribution in [1.29, 1.82) is 0 Å². The first-order valence-electron chi connectivity index (χ1n) is 8.75. The number of nitrogens with zero attached hydrogens (tertiary/aromatic N) is 1. The Bertz CT molecular complexity index is 730. The van der Waals surface area contributed by atoms with Gasteiger partial charge in [-0.15, -0.1) is 0 Å². The van der Waals surface area contributed by atoms with E-state index in [0.29, 0.717) is 23.9 Å². The minimum absolute atomic E-state index is 0.0427. The number of benzene rings is 1. The second-order valence-corrected chi connectivity index (χ2v) is 9.19. The van der Waals surface area contributed by atoms with E-state index in [4.69, 9.17) is 5.73 Å². The van der Waals surface area contributed by atoms with Crippen molar-refractivity contribution in [3.8, 4) is 0 Å². The average Bonchev–Trinajstić information content (AvgIpc) is 3.18. The van der Waals surface area contributed by atoms with E-state index in [1.165, 1.54) is 5.56 Å². The first kappa shape index (κ1) is 17.4. The molecule has 1 aromatic rings. The maximum Gasteiger partial charge on any atom is 0.223 e. The second kappa shape index (κ2) is 6.84. The van der Waals surface area contributed by atoms with E-state index in [0.717, 1.165) is 31.2 Å². The zero-order valence-corrected chi connectivity index (χ0v) is 15.0. The van der Waals surface area contributed by atoms with Gasteiger partial charge in [-0.05, 0) is 68.3 Å². The van der Waals surface area contributed by atoms with Crippen molar-refractivity contribution in [2.24, 2.45) is 11.7 Å². The maximum absolute atomic E-state index is 12.6. The van der Waals surface area contributed by atoms with Crippen LogP contribution in [-0.2, 0) is 27.5 Å². The number of carbonyl (C=O) groups is 1. The largest absolute Gasteiger partial charge is 0.340 e. The molecule has 2 aliphatic rings. The summed E-state index contributed by atoms with van der Waals surface area (Å²) >= 11 is 0. The minimum atomic E-state index is -3.42. The number of sulfone groups is 1. The third kappa shape index (κ3) is 3.49. The van der Waals surface area contributed by atoms with Gasteiger partial charge in [-0.1, -0.05) is 6.07 Å². The Labute approximate surface area is 144 Å². The highest BCUT2D eigenvalue weighted by Crippen LogP contribution is 2.26. The predicted molar refractivity (Wildman–Crippen MR) is 93.5 cm³/mol. The molecule has 0 radical (unpaired) electrons. The van der Waals surface area contributed by atoms with Crippen LogP contribution in [0.4, 0.5) is 0 Å². The molecule has 132 valence electrons. The molecule has 0 bridgehead atoms. The Hall–Kier alpha value is -1.40. The number of nitrogens with two attached hydrogens (primary N) is 1. The number of fused-ring (bicyclic) bond motifs is 1. The molecule has 0 spiro atoms. The summed E-state index contributed by atoms with van der Waals surface area (Å²) in [5, 5.41) is 0. The number of likely N-dealkylation sites (tertiary alicyclic amines) is 1. The van der Waals surface area contributed by atoms with Crippen LogP contribution >= 0.6 is 0 Å². The first-order chi connectivity index (χ1) is 11.4. The lowest BCUT2D eigenvalue weighted by atomic mass is 10.1. The van der Waals surface area contributed by atoms with Crippen molar-refractivity contribution < 1.29 is 13.2 Å². The molecule has 1 aliphatic heterocycles. The van der Waals surface area contributed by atoms with Crippen molar-refractivity contribution in [3.05, 3.63) is 29.3 Å². The van der Waals surface area contributed by atoms with Crippen LogP contribution in [0.5, 0.6) is 0 Å². The van der Waals surface area contributed by atoms with Gasteiger partial charge in [0.05, 0.1) is 10.6 Å². The summed E-state index contributed by atoms with van der Waals surface area (Å²) in [5.41, 5.74) is 8.08. The minimum Gasteiger partial charge on any atom is -0.340 e. The summed E-state index contributed by atoms with van der Waals surface area (Å²) in [6, 6.07) is 5.55. The highest BCUT2D eigenvalue weighted by molar-refractivity contribution is 7.91. The highest BCUT2D eigenvalue weighted by atomic mass is 32.2. The molecule has 0 aromatic heterocycles. The fraction of sp³-hybridized carbons (Fsp3) is 0.611. The summed E-state index contributed by atoms with van der Waals surface area (Å²) in [6.45, 7) is 3.22. The van der Waals surface area contributed by atoms with Gasteiger partial charge in [0, 0.05) is 19.0 Å². The molecule has 1 fully saturated rings. The van der Waals surface area contributed by atoms with E-state index >= 15 is 0 Å². The molecule has 1 aliphatic carbocycles. The molecule has 1 saturated heterocycles. The Morgan fingerprint density at radius 1 is 1.29 bits per heavy atom. The van der Waals surface area contributed by atoms with Crippen LogP contribution in [0.25, 0.3) is 0 Å². The molecule has 5 nitrogen and oxygen atoms in total. The van der Waals surface area contributed by atoms with Gasteiger partial charge < -0.3 is 10.6 Å². The number of aryl methyl sites for hydroxylation is 2. The van der Waals surface area contributed by atoms with Gasteiger partial charge >= 0.3 is 0 Å². The van der Waals surface area contributed by atoms with E-state index < -0.39 is 9.84 Å². The predicted octanol–water partition coefficient (Wildman–Crippen LogP) is 1.53. The third-order valence-electron chi connectivity index (χ3n) is 5.33. The van der Waals surface area contributed by atoms with Gasteiger partial charge in [0.25, 0.3) is 0 Å². The van der Waals surface area contributed by atoms with Crippen molar-refractivity contribution in [1.82, 2.24) is 4.90 Å². The topological polar surface area (TPSA) is 80.5 Å². The molecule has 24 heavy (non-hydrogen) atoms. The molecule has 2 N–H and O–H groups in total. The van der Waals surface area contributed by atoms with E-state index in [1.54, 1.807) is 17.0 Å². The second-order valence-electron chi connectivity index (χ2n) is 7.09. The zero-order chi connectivity index (χ0) is 17.3. The average molecular weight is 350 g/mol. The van der Waals surface area contributed by atoms with E-state index in [2.05, 4.69) is 0 Å². The number of hydrogen-bond donors (Lipinski definition) is 1. The van der Waals surface area contributed by atoms with Crippen LogP contribution in [0, 0.1) is 5.92 Å². The fourth-order valence-electron chi connectivity index (χ4n) is 3.89. The Kier molecular flexibility index (Phi) is 4.97. The summed E-state index contributed by atoms with van der Waals surface area (Å²) in [6.07, 6.45) is 4.01. The van der Waals surface area contributed by atoms with Crippen LogP contribution in [0.1, 0.15) is 37.3 Å². The first-order valence-corrected chi connectivity index (χ1v) is 10.4. The van der Waals surface area contributed by atoms with Gasteiger partial charge in [-0.2, -0.15) is 0 Å². The van der Waals surface area contributed by atoms with Gasteiger partial charge in [0.1, 0.15) is 0 Å². The standard InChI is InChI=1S/C18H26N2O3S/c1-13-9-14(11-19)12-20(13)18(21)7-8-24(22,23)17-6-5-15-3-2-4-16(15)10-17/h5-6,10,13-14H,2-4,7-9,11-12,19H2,1H3. The van der Waals surface area contributed by atoms with Gasteiger partial charge in [-0.25, -0.2) is 8.42 Å². The molecule has 0 saturated carbocycles. The summed E-state index contributed by atoms with van der Waals surface area (Å²) < 4.78 is 25.1.